The first-order chi connectivity index (χ1) is 14.9. The van der Waals surface area contributed by atoms with Gasteiger partial charge in [0.15, 0.2) is 29.6 Å². The minimum atomic E-state index is -0.904. The number of hydrogen-bond donors (Lipinski definition) is 2. The number of benzene rings is 2. The summed E-state index contributed by atoms with van der Waals surface area (Å²) in [4.78, 5) is 35.1. The second-order valence-electron chi connectivity index (χ2n) is 5.88. The minimum absolute atomic E-state index is 0.107. The summed E-state index contributed by atoms with van der Waals surface area (Å²) in [6.45, 7) is 3.79. The topological polar surface area (TPSA) is 138 Å². The zero-order valence-electron chi connectivity index (χ0n) is 17.3. The first kappa shape index (κ1) is 23.3. The molecule has 166 valence electrons. The predicted octanol–water partition coefficient (Wildman–Crippen LogP) is 2.24. The van der Waals surface area contributed by atoms with Gasteiger partial charge in [0, 0.05) is 6.07 Å². The number of hydrazine groups is 1. The number of nitrogens with zero attached hydrogens (tertiary/aromatic N) is 1. The number of nitro benzene ring substituents is 1. The van der Waals surface area contributed by atoms with Gasteiger partial charge in [0.25, 0.3) is 17.5 Å². The molecule has 11 heteroatoms. The van der Waals surface area contributed by atoms with E-state index in [1.54, 1.807) is 31.2 Å². The third-order valence-electron chi connectivity index (χ3n) is 3.85. The maximum absolute atomic E-state index is 12.5. The van der Waals surface area contributed by atoms with Gasteiger partial charge in [-0.15, -0.1) is 0 Å². The maximum Gasteiger partial charge on any atom is 0.286 e. The van der Waals surface area contributed by atoms with Crippen molar-refractivity contribution in [2.75, 3.05) is 26.9 Å². The van der Waals surface area contributed by atoms with E-state index in [9.17, 15) is 19.7 Å². The monoisotopic (exact) mass is 433 g/mol. The molecule has 0 heterocycles. The Morgan fingerprint density at radius 2 is 1.55 bits per heavy atom. The molecule has 0 aliphatic rings. The Kier molecular flexibility index (Phi) is 8.43. The van der Waals surface area contributed by atoms with E-state index in [4.69, 9.17) is 18.9 Å². The highest BCUT2D eigenvalue weighted by molar-refractivity contribution is 5.99. The molecule has 0 fully saturated rings. The highest BCUT2D eigenvalue weighted by atomic mass is 16.6. The van der Waals surface area contributed by atoms with E-state index in [-0.39, 0.29) is 23.7 Å². The number of methoxy groups -OCH3 is 1. The van der Waals surface area contributed by atoms with Crippen LogP contribution in [0.1, 0.15) is 24.2 Å². The Bertz CT molecular complexity index is 948. The van der Waals surface area contributed by atoms with E-state index < -0.39 is 29.0 Å². The number of nitro groups is 1. The molecule has 0 spiro atoms. The first-order valence-corrected chi connectivity index (χ1v) is 9.34. The lowest BCUT2D eigenvalue weighted by molar-refractivity contribution is -0.385. The number of rotatable bonds is 10. The third kappa shape index (κ3) is 6.23. The van der Waals surface area contributed by atoms with Gasteiger partial charge in [-0.2, -0.15) is 0 Å². The molecule has 2 aromatic carbocycles. The van der Waals surface area contributed by atoms with Crippen LogP contribution < -0.4 is 29.8 Å². The molecule has 0 radical (unpaired) electrons. The van der Waals surface area contributed by atoms with Gasteiger partial charge in [0.1, 0.15) is 5.56 Å². The zero-order valence-corrected chi connectivity index (χ0v) is 17.3. The minimum Gasteiger partial charge on any atom is -0.493 e. The summed E-state index contributed by atoms with van der Waals surface area (Å²) in [5.74, 6) is -0.491. The van der Waals surface area contributed by atoms with E-state index in [0.717, 1.165) is 6.07 Å². The number of carbonyl (C=O) groups is 2. The summed E-state index contributed by atoms with van der Waals surface area (Å²) in [5.41, 5.74) is 3.46. The van der Waals surface area contributed by atoms with Crippen LogP contribution in [-0.4, -0.2) is 43.7 Å². The van der Waals surface area contributed by atoms with Crippen LogP contribution in [0.25, 0.3) is 0 Å². The third-order valence-corrected chi connectivity index (χ3v) is 3.85. The van der Waals surface area contributed by atoms with Gasteiger partial charge >= 0.3 is 0 Å². The lowest BCUT2D eigenvalue weighted by atomic mass is 10.1. The maximum atomic E-state index is 12.5. The van der Waals surface area contributed by atoms with Crippen LogP contribution in [0, 0.1) is 10.1 Å². The average Bonchev–Trinajstić information content (AvgIpc) is 2.76. The Morgan fingerprint density at radius 3 is 2.13 bits per heavy atom. The molecular weight excluding hydrogens is 410 g/mol. The molecule has 31 heavy (non-hydrogen) atoms. The van der Waals surface area contributed by atoms with Crippen LogP contribution in [-0.2, 0) is 4.79 Å². The van der Waals surface area contributed by atoms with E-state index in [1.807, 2.05) is 6.92 Å². The molecule has 2 rings (SSSR count). The summed E-state index contributed by atoms with van der Waals surface area (Å²) in [7, 11) is 1.32. The van der Waals surface area contributed by atoms with Crippen molar-refractivity contribution in [1.29, 1.82) is 0 Å². The van der Waals surface area contributed by atoms with Crippen molar-refractivity contribution in [2.24, 2.45) is 0 Å². The Hall–Kier alpha value is -4.02. The van der Waals surface area contributed by atoms with Crippen LogP contribution >= 0.6 is 0 Å². The van der Waals surface area contributed by atoms with Crippen molar-refractivity contribution in [1.82, 2.24) is 10.9 Å². The summed E-state index contributed by atoms with van der Waals surface area (Å²) < 4.78 is 21.2. The standard InChI is InChI=1S/C20H23N3O8/c1-4-29-15-8-6-7-9-16(15)31-12-19(24)21-22-20(25)13-10-18(30-5-2)17(28-3)11-14(13)23(26)27/h6-11H,4-5,12H2,1-3H3,(H,21,24)(H,22,25). The van der Waals surface area contributed by atoms with Crippen molar-refractivity contribution in [3.05, 3.63) is 52.1 Å². The first-order valence-electron chi connectivity index (χ1n) is 9.34. The number of ether oxygens (including phenoxy) is 4. The molecule has 0 aliphatic carbocycles. The van der Waals surface area contributed by atoms with Crippen LogP contribution in [0.2, 0.25) is 0 Å². The van der Waals surface area contributed by atoms with Crippen LogP contribution in [0.15, 0.2) is 36.4 Å². The summed E-state index contributed by atoms with van der Waals surface area (Å²) in [6.07, 6.45) is 0. The highest BCUT2D eigenvalue weighted by Crippen LogP contribution is 2.34. The molecule has 0 bridgehead atoms. The molecule has 11 nitrogen and oxygen atoms in total. The molecule has 0 aliphatic heterocycles. The SMILES string of the molecule is CCOc1cc(C(=O)NNC(=O)COc2ccccc2OCC)c([N+](=O)[O-])cc1OC. The van der Waals surface area contributed by atoms with E-state index in [0.29, 0.717) is 18.1 Å². The second kappa shape index (κ2) is 11.2. The van der Waals surface area contributed by atoms with Crippen molar-refractivity contribution in [2.45, 2.75) is 13.8 Å². The fourth-order valence-electron chi connectivity index (χ4n) is 2.53. The van der Waals surface area contributed by atoms with Crippen LogP contribution in [0.3, 0.4) is 0 Å². The van der Waals surface area contributed by atoms with Crippen molar-refractivity contribution < 1.29 is 33.5 Å². The van der Waals surface area contributed by atoms with Crippen LogP contribution in [0.5, 0.6) is 23.0 Å². The van der Waals surface area contributed by atoms with Gasteiger partial charge in [-0.05, 0) is 26.0 Å². The molecule has 0 aromatic heterocycles. The van der Waals surface area contributed by atoms with E-state index in [2.05, 4.69) is 10.9 Å². The fraction of sp³-hybridized carbons (Fsp3) is 0.300. The Morgan fingerprint density at radius 1 is 0.935 bits per heavy atom. The summed E-state index contributed by atoms with van der Waals surface area (Å²) in [6, 6.07) is 9.06. The van der Waals surface area contributed by atoms with Crippen molar-refractivity contribution in [3.8, 4) is 23.0 Å². The number of carbonyl (C=O) groups excluding carboxylic acids is 2. The summed E-state index contributed by atoms with van der Waals surface area (Å²) in [5, 5.41) is 11.4. The molecule has 0 atom stereocenters. The predicted molar refractivity (Wildman–Crippen MR) is 110 cm³/mol. The van der Waals surface area contributed by atoms with E-state index >= 15 is 0 Å². The highest BCUT2D eigenvalue weighted by Gasteiger charge is 2.25. The molecule has 2 amide bonds. The van der Waals surface area contributed by atoms with Gasteiger partial charge in [0.05, 0.1) is 31.3 Å². The van der Waals surface area contributed by atoms with Crippen molar-refractivity contribution in [3.63, 3.8) is 0 Å². The number of hydrogen-bond acceptors (Lipinski definition) is 8. The summed E-state index contributed by atoms with van der Waals surface area (Å²) >= 11 is 0. The lowest BCUT2D eigenvalue weighted by Gasteiger charge is -2.13. The van der Waals surface area contributed by atoms with Crippen LogP contribution in [0.4, 0.5) is 5.69 Å². The molecule has 0 saturated carbocycles. The Labute approximate surface area is 178 Å². The molecule has 0 unspecified atom stereocenters. The number of para-hydroxylation sites is 2. The smallest absolute Gasteiger partial charge is 0.286 e. The van der Waals surface area contributed by atoms with Gasteiger partial charge in [-0.1, -0.05) is 12.1 Å². The largest absolute Gasteiger partial charge is 0.493 e. The van der Waals surface area contributed by atoms with Gasteiger partial charge in [0.2, 0.25) is 0 Å². The van der Waals surface area contributed by atoms with Gasteiger partial charge < -0.3 is 18.9 Å². The lowest BCUT2D eigenvalue weighted by Crippen LogP contribution is -2.44. The zero-order chi connectivity index (χ0) is 22.8. The Balaban J connectivity index is 2.05. The normalized spacial score (nSPS) is 10.0. The number of amides is 2. The average molecular weight is 433 g/mol. The second-order valence-corrected chi connectivity index (χ2v) is 5.88. The van der Waals surface area contributed by atoms with Crippen molar-refractivity contribution >= 4 is 17.5 Å². The molecule has 2 N–H and O–H groups in total. The molecule has 2 aromatic rings. The fourth-order valence-corrected chi connectivity index (χ4v) is 2.53. The van der Waals surface area contributed by atoms with E-state index in [1.165, 1.54) is 13.2 Å². The quantitative estimate of drug-likeness (QED) is 0.430. The molecule has 0 saturated heterocycles. The number of nitrogens with one attached hydrogen (secondary N) is 2. The van der Waals surface area contributed by atoms with Gasteiger partial charge in [-0.25, -0.2) is 0 Å². The molecular formula is C20H23N3O8. The van der Waals surface area contributed by atoms with Gasteiger partial charge in [-0.3, -0.25) is 30.6 Å².